The van der Waals surface area contributed by atoms with Crippen LogP contribution in [-0.2, 0) is 17.8 Å². The first-order valence-corrected chi connectivity index (χ1v) is 8.18. The molecule has 9 heteroatoms. The Morgan fingerprint density at radius 1 is 1.32 bits per heavy atom. The molecule has 4 aromatic rings. The molecular weight excluding hydrogens is 349 g/mol. The van der Waals surface area contributed by atoms with Crippen LogP contribution in [0.5, 0.6) is 0 Å². The average Bonchev–Trinajstić information content (AvgIpc) is 3.17. The highest BCUT2D eigenvalue weighted by atomic mass is 32.1. The predicted octanol–water partition coefficient (Wildman–Crippen LogP) is 2.41. The fourth-order valence-corrected chi connectivity index (χ4v) is 3.43. The Labute approximate surface area is 143 Å². The molecule has 3 heterocycles. The van der Waals surface area contributed by atoms with Gasteiger partial charge in [-0.05, 0) is 12.1 Å². The highest BCUT2D eigenvalue weighted by Crippen LogP contribution is 2.20. The number of rotatable bonds is 4. The van der Waals surface area contributed by atoms with Gasteiger partial charge in [-0.15, -0.1) is 0 Å². The standard InChI is InChI=1S/C16H10FN3O4S/c17-8-1-2-13-12(3-8)18-14(24-13)5-20-16(23)10-7-25-6-9(10)11(19-20)4-15(21)22/h1-3,6-7H,4-5H2,(H,21,22). The summed E-state index contributed by atoms with van der Waals surface area (Å²) in [4.78, 5) is 27.7. The number of thiophene rings is 1. The number of aliphatic carboxylic acids is 1. The fourth-order valence-electron chi connectivity index (χ4n) is 2.60. The summed E-state index contributed by atoms with van der Waals surface area (Å²) in [7, 11) is 0. The van der Waals surface area contributed by atoms with Crippen LogP contribution in [0.2, 0.25) is 0 Å². The Morgan fingerprint density at radius 2 is 2.12 bits per heavy atom. The molecular formula is C16H10FN3O4S. The van der Waals surface area contributed by atoms with E-state index in [-0.39, 0.29) is 24.4 Å². The summed E-state index contributed by atoms with van der Waals surface area (Å²) < 4.78 is 19.9. The van der Waals surface area contributed by atoms with Crippen molar-refractivity contribution in [3.8, 4) is 0 Å². The van der Waals surface area contributed by atoms with Gasteiger partial charge in [-0.3, -0.25) is 9.59 Å². The molecule has 25 heavy (non-hydrogen) atoms. The van der Waals surface area contributed by atoms with E-state index < -0.39 is 11.8 Å². The third-order valence-corrected chi connectivity index (χ3v) is 4.42. The van der Waals surface area contributed by atoms with Crippen molar-refractivity contribution in [1.82, 2.24) is 14.8 Å². The van der Waals surface area contributed by atoms with Crippen LogP contribution < -0.4 is 5.56 Å². The Morgan fingerprint density at radius 3 is 2.92 bits per heavy atom. The zero-order chi connectivity index (χ0) is 17.6. The number of carbonyl (C=O) groups is 1. The van der Waals surface area contributed by atoms with Gasteiger partial charge in [-0.2, -0.15) is 16.4 Å². The number of hydrogen-bond acceptors (Lipinski definition) is 6. The average molecular weight is 359 g/mol. The number of nitrogens with zero attached hydrogens (tertiary/aromatic N) is 3. The summed E-state index contributed by atoms with van der Waals surface area (Å²) in [6.45, 7) is -0.0759. The van der Waals surface area contributed by atoms with E-state index >= 15 is 0 Å². The minimum absolute atomic E-state index is 0.0759. The molecule has 0 radical (unpaired) electrons. The molecule has 0 atom stereocenters. The van der Waals surface area contributed by atoms with Crippen LogP contribution in [0.1, 0.15) is 11.6 Å². The van der Waals surface area contributed by atoms with E-state index in [1.54, 1.807) is 10.8 Å². The third kappa shape index (κ3) is 2.78. The Kier molecular flexibility index (Phi) is 3.57. The summed E-state index contributed by atoms with van der Waals surface area (Å²) in [6, 6.07) is 3.94. The minimum Gasteiger partial charge on any atom is -0.481 e. The van der Waals surface area contributed by atoms with Gasteiger partial charge in [-0.25, -0.2) is 14.1 Å². The smallest absolute Gasteiger partial charge is 0.309 e. The van der Waals surface area contributed by atoms with Gasteiger partial charge in [0.15, 0.2) is 5.58 Å². The highest BCUT2D eigenvalue weighted by molar-refractivity contribution is 7.09. The normalized spacial score (nSPS) is 11.4. The molecule has 3 aromatic heterocycles. The molecule has 0 aliphatic heterocycles. The summed E-state index contributed by atoms with van der Waals surface area (Å²) in [5.41, 5.74) is 0.668. The van der Waals surface area contributed by atoms with Crippen LogP contribution in [0.4, 0.5) is 4.39 Å². The molecule has 4 rings (SSSR count). The second-order valence-corrected chi connectivity index (χ2v) is 6.14. The van der Waals surface area contributed by atoms with Crippen LogP contribution in [-0.4, -0.2) is 25.8 Å². The summed E-state index contributed by atoms with van der Waals surface area (Å²) >= 11 is 1.30. The molecule has 0 fully saturated rings. The van der Waals surface area contributed by atoms with Crippen molar-refractivity contribution in [2.45, 2.75) is 13.0 Å². The molecule has 0 aliphatic carbocycles. The third-order valence-electron chi connectivity index (χ3n) is 3.68. The lowest BCUT2D eigenvalue weighted by atomic mass is 10.2. The Balaban J connectivity index is 1.80. The first kappa shape index (κ1) is 15.5. The van der Waals surface area contributed by atoms with Gasteiger partial charge >= 0.3 is 5.97 Å². The van der Waals surface area contributed by atoms with Crippen LogP contribution in [0.3, 0.4) is 0 Å². The molecule has 0 unspecified atom stereocenters. The van der Waals surface area contributed by atoms with Crippen molar-refractivity contribution in [2.24, 2.45) is 0 Å². The molecule has 1 aromatic carbocycles. The fraction of sp³-hybridized carbons (Fsp3) is 0.125. The molecule has 126 valence electrons. The lowest BCUT2D eigenvalue weighted by Crippen LogP contribution is -2.25. The molecule has 0 spiro atoms. The van der Waals surface area contributed by atoms with Gasteiger partial charge < -0.3 is 9.52 Å². The highest BCUT2D eigenvalue weighted by Gasteiger charge is 2.16. The SMILES string of the molecule is O=C(O)Cc1nn(Cc2nc3cc(F)ccc3o2)c(=O)c2cscc12. The van der Waals surface area contributed by atoms with E-state index in [1.165, 1.54) is 29.5 Å². The topological polar surface area (TPSA) is 98.2 Å². The molecule has 0 bridgehead atoms. The maximum Gasteiger partial charge on any atom is 0.309 e. The van der Waals surface area contributed by atoms with Crippen LogP contribution in [0.15, 0.2) is 38.2 Å². The summed E-state index contributed by atoms with van der Waals surface area (Å²) in [5, 5.41) is 17.5. The molecule has 1 N–H and O–H groups in total. The maximum absolute atomic E-state index is 13.2. The molecule has 0 aliphatic rings. The number of carboxylic acids is 1. The van der Waals surface area contributed by atoms with Crippen molar-refractivity contribution < 1.29 is 18.7 Å². The number of carboxylic acid groups (broad SMARTS) is 1. The molecule has 0 amide bonds. The Hall–Kier alpha value is -3.07. The van der Waals surface area contributed by atoms with Gasteiger partial charge in [0, 0.05) is 22.2 Å². The zero-order valence-electron chi connectivity index (χ0n) is 12.6. The zero-order valence-corrected chi connectivity index (χ0v) is 13.4. The van der Waals surface area contributed by atoms with Crippen LogP contribution in [0.25, 0.3) is 21.9 Å². The van der Waals surface area contributed by atoms with Crippen molar-refractivity contribution in [2.75, 3.05) is 0 Å². The summed E-state index contributed by atoms with van der Waals surface area (Å²) in [6.07, 6.45) is -0.299. The lowest BCUT2D eigenvalue weighted by Gasteiger charge is -2.06. The molecule has 0 saturated carbocycles. The van der Waals surface area contributed by atoms with Crippen molar-refractivity contribution in [1.29, 1.82) is 0 Å². The monoisotopic (exact) mass is 359 g/mol. The van der Waals surface area contributed by atoms with E-state index in [1.807, 2.05) is 0 Å². The number of halogens is 1. The molecule has 0 saturated heterocycles. The summed E-state index contributed by atoms with van der Waals surface area (Å²) in [5.74, 6) is -1.29. The van der Waals surface area contributed by atoms with E-state index in [0.717, 1.165) is 4.68 Å². The van der Waals surface area contributed by atoms with E-state index in [9.17, 15) is 14.0 Å². The number of aromatic nitrogens is 3. The number of fused-ring (bicyclic) bond motifs is 2. The van der Waals surface area contributed by atoms with Gasteiger partial charge in [0.2, 0.25) is 5.89 Å². The maximum atomic E-state index is 13.2. The first-order valence-electron chi connectivity index (χ1n) is 7.24. The predicted molar refractivity (Wildman–Crippen MR) is 88.3 cm³/mol. The second kappa shape index (κ2) is 5.78. The van der Waals surface area contributed by atoms with E-state index in [4.69, 9.17) is 9.52 Å². The van der Waals surface area contributed by atoms with Gasteiger partial charge in [-0.1, -0.05) is 0 Å². The van der Waals surface area contributed by atoms with Crippen molar-refractivity contribution in [3.05, 3.63) is 56.7 Å². The van der Waals surface area contributed by atoms with Gasteiger partial charge in [0.25, 0.3) is 5.56 Å². The van der Waals surface area contributed by atoms with Gasteiger partial charge in [0.05, 0.1) is 17.5 Å². The van der Waals surface area contributed by atoms with Gasteiger partial charge in [0.1, 0.15) is 17.9 Å². The molecule has 7 nitrogen and oxygen atoms in total. The second-order valence-electron chi connectivity index (χ2n) is 5.40. The minimum atomic E-state index is -1.04. The van der Waals surface area contributed by atoms with Crippen LogP contribution in [0, 0.1) is 5.82 Å². The van der Waals surface area contributed by atoms with Crippen molar-refractivity contribution >= 4 is 39.2 Å². The quantitative estimate of drug-likeness (QED) is 0.601. The number of benzene rings is 1. The van der Waals surface area contributed by atoms with E-state index in [0.29, 0.717) is 27.6 Å². The number of hydrogen-bond donors (Lipinski definition) is 1. The van der Waals surface area contributed by atoms with Crippen LogP contribution >= 0.6 is 11.3 Å². The first-order chi connectivity index (χ1) is 12.0. The largest absolute Gasteiger partial charge is 0.481 e. The number of oxazole rings is 1. The lowest BCUT2D eigenvalue weighted by molar-refractivity contribution is -0.136. The Bertz CT molecular complexity index is 1180. The van der Waals surface area contributed by atoms with E-state index in [2.05, 4.69) is 10.1 Å². The van der Waals surface area contributed by atoms with Crippen molar-refractivity contribution in [3.63, 3.8) is 0 Å².